The maximum Gasteiger partial charge on any atom is 0.216 e. The minimum absolute atomic E-state index is 0.180. The highest BCUT2D eigenvalue weighted by molar-refractivity contribution is 6.88. The zero-order valence-corrected chi connectivity index (χ0v) is 22.6. The second-order valence-electron chi connectivity index (χ2n) is 10.9. The monoisotopic (exact) mass is 508 g/mol. The summed E-state index contributed by atoms with van der Waals surface area (Å²) in [6, 6.07) is 23.4. The molecule has 184 valence electrons. The van der Waals surface area contributed by atoms with Crippen LogP contribution in [0.25, 0.3) is 55.1 Å². The molecular weight excluding hydrogens is 480 g/mol. The van der Waals surface area contributed by atoms with Crippen molar-refractivity contribution in [2.75, 3.05) is 0 Å². The summed E-state index contributed by atoms with van der Waals surface area (Å²) in [4.78, 5) is 0. The van der Waals surface area contributed by atoms with Crippen molar-refractivity contribution in [3.8, 4) is 22.4 Å². The van der Waals surface area contributed by atoms with E-state index in [1.807, 2.05) is 73.1 Å². The van der Waals surface area contributed by atoms with Gasteiger partial charge < -0.3 is 4.42 Å². The molecule has 6 rings (SSSR count). The van der Waals surface area contributed by atoms with Crippen molar-refractivity contribution < 1.29 is 17.8 Å². The number of rotatable bonds is 3. The lowest BCUT2D eigenvalue weighted by Gasteiger charge is -2.17. The van der Waals surface area contributed by atoms with E-state index in [0.717, 1.165) is 49.1 Å². The maximum absolute atomic E-state index is 15.4. The van der Waals surface area contributed by atoms with Crippen LogP contribution in [0.4, 0.5) is 8.78 Å². The third-order valence-corrected chi connectivity index (χ3v) is 9.29. The zero-order chi connectivity index (χ0) is 26.1. The molecule has 0 saturated carbocycles. The third-order valence-electron chi connectivity index (χ3n) is 7.29. The van der Waals surface area contributed by atoms with Gasteiger partial charge in [-0.05, 0) is 52.2 Å². The molecule has 0 saturated heterocycles. The third kappa shape index (κ3) is 3.77. The van der Waals surface area contributed by atoms with Gasteiger partial charge in [0.15, 0.2) is 5.82 Å². The lowest BCUT2D eigenvalue weighted by Crippen LogP contribution is -2.44. The fourth-order valence-electron chi connectivity index (χ4n) is 5.35. The topological polar surface area (TPSA) is 17.0 Å². The number of aromatic nitrogens is 1. The molecule has 0 atom stereocenters. The average Bonchev–Trinajstić information content (AvgIpc) is 3.22. The second-order valence-corrected chi connectivity index (χ2v) is 15.9. The molecule has 4 aromatic carbocycles. The van der Waals surface area contributed by atoms with E-state index in [2.05, 4.69) is 25.7 Å². The molecule has 2 aromatic heterocycles. The Morgan fingerprint density at radius 1 is 0.730 bits per heavy atom. The summed E-state index contributed by atoms with van der Waals surface area (Å²) in [5.41, 5.74) is 5.23. The van der Waals surface area contributed by atoms with Crippen molar-refractivity contribution in [3.63, 3.8) is 0 Å². The first-order valence-corrected chi connectivity index (χ1v) is 16.0. The Labute approximate surface area is 215 Å². The molecule has 5 heteroatoms. The molecule has 0 aliphatic rings. The molecule has 0 radical (unpaired) electrons. The molecule has 0 spiro atoms. The number of benzene rings is 4. The van der Waals surface area contributed by atoms with E-state index in [0.29, 0.717) is 16.7 Å². The van der Waals surface area contributed by atoms with Crippen LogP contribution in [0.5, 0.6) is 0 Å². The predicted molar refractivity (Wildman–Crippen MR) is 151 cm³/mol. The van der Waals surface area contributed by atoms with Crippen LogP contribution in [0, 0.1) is 18.6 Å². The molecule has 6 aromatic rings. The Kier molecular flexibility index (Phi) is 5.32. The largest absolute Gasteiger partial charge is 0.454 e. The summed E-state index contributed by atoms with van der Waals surface area (Å²) in [6.07, 6.45) is 1.56. The Morgan fingerprint density at radius 3 is 2.14 bits per heavy atom. The molecule has 0 unspecified atom stereocenters. The molecule has 0 bridgehead atoms. The molecule has 0 amide bonds. The predicted octanol–water partition coefficient (Wildman–Crippen LogP) is 8.03. The lowest BCUT2D eigenvalue weighted by molar-refractivity contribution is -0.661. The summed E-state index contributed by atoms with van der Waals surface area (Å²) in [5.74, 6) is -0.506. The Balaban J connectivity index is 1.67. The van der Waals surface area contributed by atoms with Gasteiger partial charge in [0.05, 0.1) is 19.2 Å². The molecule has 0 aliphatic carbocycles. The lowest BCUT2D eigenvalue weighted by atomic mass is 9.97. The summed E-state index contributed by atoms with van der Waals surface area (Å²) in [6.45, 7) is 8.46. The van der Waals surface area contributed by atoms with Gasteiger partial charge in [-0.3, -0.25) is 0 Å². The zero-order valence-electron chi connectivity index (χ0n) is 21.6. The van der Waals surface area contributed by atoms with Gasteiger partial charge in [0.2, 0.25) is 11.9 Å². The van der Waals surface area contributed by atoms with Gasteiger partial charge in [0.1, 0.15) is 24.0 Å². The number of pyridine rings is 1. The first-order valence-electron chi connectivity index (χ1n) is 12.5. The minimum atomic E-state index is -1.93. The summed E-state index contributed by atoms with van der Waals surface area (Å²) >= 11 is 0. The van der Waals surface area contributed by atoms with Crippen LogP contribution in [0.15, 0.2) is 83.4 Å². The number of aryl methyl sites for hydroxylation is 2. The van der Waals surface area contributed by atoms with E-state index >= 15 is 4.39 Å². The van der Waals surface area contributed by atoms with Gasteiger partial charge in [-0.2, -0.15) is 4.57 Å². The average molecular weight is 509 g/mol. The van der Waals surface area contributed by atoms with E-state index in [4.69, 9.17) is 4.42 Å². The SMILES string of the molecule is Cc1ccc2c(oc3c(-c4ccc5ccccc5c4)c(F)ccc32)c1-c1cc([Si](C)(C)C)c(F)c[n+]1C. The molecule has 0 N–H and O–H groups in total. The van der Waals surface area contributed by atoms with E-state index in [9.17, 15) is 4.39 Å². The van der Waals surface area contributed by atoms with Crippen molar-refractivity contribution in [1.82, 2.24) is 0 Å². The van der Waals surface area contributed by atoms with Gasteiger partial charge in [-0.1, -0.05) is 68.2 Å². The van der Waals surface area contributed by atoms with E-state index in [-0.39, 0.29) is 11.6 Å². The highest BCUT2D eigenvalue weighted by atomic mass is 28.3. The van der Waals surface area contributed by atoms with Crippen LogP contribution in [-0.4, -0.2) is 8.07 Å². The van der Waals surface area contributed by atoms with Crippen molar-refractivity contribution in [2.45, 2.75) is 26.6 Å². The quantitative estimate of drug-likeness (QED) is 0.175. The summed E-state index contributed by atoms with van der Waals surface area (Å²) < 4.78 is 38.8. The van der Waals surface area contributed by atoms with E-state index in [1.165, 1.54) is 6.07 Å². The van der Waals surface area contributed by atoms with Gasteiger partial charge in [-0.25, -0.2) is 8.78 Å². The number of fused-ring (bicyclic) bond motifs is 4. The first kappa shape index (κ1) is 23.6. The fourth-order valence-corrected chi connectivity index (χ4v) is 6.70. The number of hydrogen-bond acceptors (Lipinski definition) is 1. The number of furan rings is 1. The van der Waals surface area contributed by atoms with Crippen molar-refractivity contribution >= 4 is 46.0 Å². The standard InChI is InChI=1S/C32H28F2NOSi/c1-19-10-13-23-24-14-15-25(33)30(22-12-11-20-8-6-7-9-21(20)16-22)32(24)36-31(23)29(19)27-17-28(37(3,4)5)26(34)18-35(27)2/h6-18H,1-5H3/q+1. The Bertz CT molecular complexity index is 1860. The van der Waals surface area contributed by atoms with Crippen LogP contribution >= 0.6 is 0 Å². The summed E-state index contributed by atoms with van der Waals surface area (Å²) in [7, 11) is -0.0787. The number of hydrogen-bond donors (Lipinski definition) is 0. The van der Waals surface area contributed by atoms with E-state index in [1.54, 1.807) is 12.3 Å². The number of halogens is 2. The summed E-state index contributed by atoms with van der Waals surface area (Å²) in [5, 5.41) is 4.69. The van der Waals surface area contributed by atoms with Crippen LogP contribution < -0.4 is 9.75 Å². The normalized spacial score (nSPS) is 12.2. The Morgan fingerprint density at radius 2 is 1.41 bits per heavy atom. The fraction of sp³-hybridized carbons (Fsp3) is 0.156. The second kappa shape index (κ2) is 8.35. The van der Waals surface area contributed by atoms with Crippen LogP contribution in [0.1, 0.15) is 5.56 Å². The minimum Gasteiger partial charge on any atom is -0.454 e. The van der Waals surface area contributed by atoms with E-state index < -0.39 is 8.07 Å². The van der Waals surface area contributed by atoms with Gasteiger partial charge in [0.25, 0.3) is 0 Å². The van der Waals surface area contributed by atoms with Crippen LogP contribution in [0.2, 0.25) is 19.6 Å². The van der Waals surface area contributed by atoms with Crippen molar-refractivity contribution in [1.29, 1.82) is 0 Å². The maximum atomic E-state index is 15.4. The van der Waals surface area contributed by atoms with Gasteiger partial charge in [-0.15, -0.1) is 0 Å². The van der Waals surface area contributed by atoms with Crippen LogP contribution in [0.3, 0.4) is 0 Å². The molecule has 0 fully saturated rings. The molecule has 2 nitrogen and oxygen atoms in total. The smallest absolute Gasteiger partial charge is 0.216 e. The first-order chi connectivity index (χ1) is 17.6. The van der Waals surface area contributed by atoms with Gasteiger partial charge in [0, 0.05) is 16.8 Å². The van der Waals surface area contributed by atoms with Gasteiger partial charge >= 0.3 is 0 Å². The highest BCUT2D eigenvalue weighted by Crippen LogP contribution is 2.42. The highest BCUT2D eigenvalue weighted by Gasteiger charge is 2.29. The Hall–Kier alpha value is -3.83. The molecule has 0 aliphatic heterocycles. The van der Waals surface area contributed by atoms with Crippen molar-refractivity contribution in [3.05, 3.63) is 96.2 Å². The molecular formula is C32H28F2NOSi+. The molecule has 37 heavy (non-hydrogen) atoms. The molecule has 2 heterocycles. The van der Waals surface area contributed by atoms with Crippen molar-refractivity contribution in [2.24, 2.45) is 7.05 Å². The van der Waals surface area contributed by atoms with Crippen LogP contribution in [-0.2, 0) is 7.05 Å². The number of nitrogens with zero attached hydrogens (tertiary/aromatic N) is 1.